The smallest absolute Gasteiger partial charge is 0.251 e. The molecule has 1 saturated heterocycles. The highest BCUT2D eigenvalue weighted by Gasteiger charge is 2.21. The molecule has 0 aliphatic carbocycles. The fourth-order valence-corrected chi connectivity index (χ4v) is 2.33. The van der Waals surface area contributed by atoms with E-state index >= 15 is 0 Å². The number of anilines is 1. The van der Waals surface area contributed by atoms with Crippen LogP contribution in [-0.4, -0.2) is 24.7 Å². The van der Waals surface area contributed by atoms with Crippen LogP contribution in [0.4, 0.5) is 5.69 Å². The van der Waals surface area contributed by atoms with E-state index in [2.05, 4.69) is 21.2 Å². The molecule has 2 unspecified atom stereocenters. The van der Waals surface area contributed by atoms with E-state index in [1.54, 1.807) is 18.2 Å². The van der Waals surface area contributed by atoms with Crippen molar-refractivity contribution in [2.45, 2.75) is 31.9 Å². The van der Waals surface area contributed by atoms with Crippen molar-refractivity contribution >= 4 is 27.5 Å². The molecule has 0 saturated carbocycles. The molecule has 98 valence electrons. The molecule has 1 aromatic rings. The first-order chi connectivity index (χ1) is 8.56. The molecule has 1 aromatic carbocycles. The normalized spacial score (nSPS) is 23.7. The van der Waals surface area contributed by atoms with Gasteiger partial charge in [0, 0.05) is 28.4 Å². The quantitative estimate of drug-likeness (QED) is 0.824. The Morgan fingerprint density at radius 2 is 2.33 bits per heavy atom. The lowest BCUT2D eigenvalue weighted by atomic mass is 10.0. The van der Waals surface area contributed by atoms with E-state index in [4.69, 9.17) is 10.5 Å². The fraction of sp³-hybridized carbons (Fsp3) is 0.462. The second-order valence-corrected chi connectivity index (χ2v) is 5.47. The van der Waals surface area contributed by atoms with Gasteiger partial charge >= 0.3 is 0 Å². The predicted octanol–water partition coefficient (Wildman–Crippen LogP) is 2.33. The van der Waals surface area contributed by atoms with Crippen molar-refractivity contribution in [3.05, 3.63) is 28.2 Å². The van der Waals surface area contributed by atoms with Crippen molar-refractivity contribution in [1.82, 2.24) is 5.32 Å². The van der Waals surface area contributed by atoms with Crippen molar-refractivity contribution in [1.29, 1.82) is 0 Å². The van der Waals surface area contributed by atoms with Crippen LogP contribution in [0.1, 0.15) is 30.1 Å². The molecule has 2 rings (SSSR count). The summed E-state index contributed by atoms with van der Waals surface area (Å²) in [6.45, 7) is 2.73. The minimum absolute atomic E-state index is 0.0756. The molecular weight excluding hydrogens is 296 g/mol. The SMILES string of the molecule is CC1CC(NC(=O)c2ccc(Br)c(N)c2)CCO1. The molecule has 3 N–H and O–H groups in total. The van der Waals surface area contributed by atoms with Gasteiger partial charge in [0.2, 0.25) is 0 Å². The summed E-state index contributed by atoms with van der Waals surface area (Å²) in [5, 5.41) is 3.02. The number of nitrogens with two attached hydrogens (primary N) is 1. The molecule has 2 atom stereocenters. The summed E-state index contributed by atoms with van der Waals surface area (Å²) in [7, 11) is 0. The number of nitrogens with one attached hydrogen (secondary N) is 1. The lowest BCUT2D eigenvalue weighted by Crippen LogP contribution is -2.41. The van der Waals surface area contributed by atoms with Crippen molar-refractivity contribution in [3.63, 3.8) is 0 Å². The van der Waals surface area contributed by atoms with Gasteiger partial charge in [-0.25, -0.2) is 0 Å². The summed E-state index contributed by atoms with van der Waals surface area (Å²) >= 11 is 3.31. The minimum atomic E-state index is -0.0756. The van der Waals surface area contributed by atoms with Gasteiger partial charge in [0.1, 0.15) is 0 Å². The van der Waals surface area contributed by atoms with E-state index < -0.39 is 0 Å². The first-order valence-electron chi connectivity index (χ1n) is 6.03. The zero-order chi connectivity index (χ0) is 13.1. The largest absolute Gasteiger partial charge is 0.398 e. The topological polar surface area (TPSA) is 64.4 Å². The van der Waals surface area contributed by atoms with Gasteiger partial charge in [0.25, 0.3) is 5.91 Å². The molecule has 0 bridgehead atoms. The van der Waals surface area contributed by atoms with Gasteiger partial charge in [-0.2, -0.15) is 0 Å². The monoisotopic (exact) mass is 312 g/mol. The lowest BCUT2D eigenvalue weighted by molar-refractivity contribution is 0.0136. The van der Waals surface area contributed by atoms with Gasteiger partial charge in [-0.05, 0) is 53.9 Å². The third-order valence-corrected chi connectivity index (χ3v) is 3.80. The number of halogens is 1. The number of hydrogen-bond acceptors (Lipinski definition) is 3. The number of carbonyl (C=O) groups is 1. The average Bonchev–Trinajstić information content (AvgIpc) is 2.32. The molecule has 0 aromatic heterocycles. The summed E-state index contributed by atoms with van der Waals surface area (Å²) < 4.78 is 6.26. The molecule has 1 aliphatic rings. The predicted molar refractivity (Wildman–Crippen MR) is 74.5 cm³/mol. The van der Waals surface area contributed by atoms with Crippen LogP contribution in [0, 0.1) is 0 Å². The molecule has 1 amide bonds. The molecule has 0 radical (unpaired) electrons. The van der Waals surface area contributed by atoms with Crippen molar-refractivity contribution < 1.29 is 9.53 Å². The van der Waals surface area contributed by atoms with Crippen LogP contribution >= 0.6 is 15.9 Å². The molecule has 1 fully saturated rings. The van der Waals surface area contributed by atoms with Gasteiger partial charge < -0.3 is 15.8 Å². The average molecular weight is 313 g/mol. The van der Waals surface area contributed by atoms with Crippen LogP contribution in [0.25, 0.3) is 0 Å². The fourth-order valence-electron chi connectivity index (χ4n) is 2.08. The number of benzene rings is 1. The highest BCUT2D eigenvalue weighted by Crippen LogP contribution is 2.20. The van der Waals surface area contributed by atoms with E-state index in [1.807, 2.05) is 6.92 Å². The third kappa shape index (κ3) is 3.23. The molecule has 18 heavy (non-hydrogen) atoms. The molecule has 1 aliphatic heterocycles. The van der Waals surface area contributed by atoms with Gasteiger partial charge in [0.15, 0.2) is 0 Å². The Morgan fingerprint density at radius 1 is 1.56 bits per heavy atom. The minimum Gasteiger partial charge on any atom is -0.398 e. The molecular formula is C13H17BrN2O2. The zero-order valence-corrected chi connectivity index (χ0v) is 11.9. The number of ether oxygens (including phenoxy) is 1. The number of rotatable bonds is 2. The summed E-state index contributed by atoms with van der Waals surface area (Å²) in [6.07, 6.45) is 1.93. The Labute approximate surface area is 115 Å². The zero-order valence-electron chi connectivity index (χ0n) is 10.3. The Balaban J connectivity index is 2.00. The van der Waals surface area contributed by atoms with Crippen molar-refractivity contribution in [2.75, 3.05) is 12.3 Å². The second-order valence-electron chi connectivity index (χ2n) is 4.61. The summed E-state index contributed by atoms with van der Waals surface area (Å²) in [5.74, 6) is -0.0756. The number of nitrogen functional groups attached to an aromatic ring is 1. The number of carbonyl (C=O) groups excluding carboxylic acids is 1. The van der Waals surface area contributed by atoms with Crippen LogP contribution in [-0.2, 0) is 4.74 Å². The Bertz CT molecular complexity index is 451. The summed E-state index contributed by atoms with van der Waals surface area (Å²) in [6, 6.07) is 5.42. The van der Waals surface area contributed by atoms with Crippen LogP contribution in [0.2, 0.25) is 0 Å². The first kappa shape index (κ1) is 13.4. The Hall–Kier alpha value is -1.07. The Kier molecular flexibility index (Phi) is 4.24. The number of amides is 1. The van der Waals surface area contributed by atoms with Crippen LogP contribution in [0.3, 0.4) is 0 Å². The highest BCUT2D eigenvalue weighted by atomic mass is 79.9. The Morgan fingerprint density at radius 3 is 3.00 bits per heavy atom. The molecule has 1 heterocycles. The van der Waals surface area contributed by atoms with E-state index in [1.165, 1.54) is 0 Å². The maximum Gasteiger partial charge on any atom is 0.251 e. The van der Waals surface area contributed by atoms with E-state index in [0.29, 0.717) is 17.9 Å². The standard InChI is InChI=1S/C13H17BrN2O2/c1-8-6-10(4-5-18-8)16-13(17)9-2-3-11(14)12(15)7-9/h2-3,7-8,10H,4-6,15H2,1H3,(H,16,17). The number of hydrogen-bond donors (Lipinski definition) is 2. The van der Waals surface area contributed by atoms with E-state index in [0.717, 1.165) is 17.3 Å². The molecule has 5 heteroatoms. The maximum atomic E-state index is 12.1. The van der Waals surface area contributed by atoms with Gasteiger partial charge in [-0.15, -0.1) is 0 Å². The molecule has 4 nitrogen and oxygen atoms in total. The summed E-state index contributed by atoms with van der Waals surface area (Å²) in [5.41, 5.74) is 6.93. The van der Waals surface area contributed by atoms with Crippen LogP contribution < -0.4 is 11.1 Å². The van der Waals surface area contributed by atoms with E-state index in [9.17, 15) is 4.79 Å². The van der Waals surface area contributed by atoms with Crippen molar-refractivity contribution in [3.8, 4) is 0 Å². The second kappa shape index (κ2) is 5.71. The third-order valence-electron chi connectivity index (χ3n) is 3.08. The summed E-state index contributed by atoms with van der Waals surface area (Å²) in [4.78, 5) is 12.1. The van der Waals surface area contributed by atoms with Crippen LogP contribution in [0.5, 0.6) is 0 Å². The van der Waals surface area contributed by atoms with Gasteiger partial charge in [-0.3, -0.25) is 4.79 Å². The molecule has 0 spiro atoms. The maximum absolute atomic E-state index is 12.1. The van der Waals surface area contributed by atoms with E-state index in [-0.39, 0.29) is 18.1 Å². The van der Waals surface area contributed by atoms with Crippen LogP contribution in [0.15, 0.2) is 22.7 Å². The van der Waals surface area contributed by atoms with Gasteiger partial charge in [0.05, 0.1) is 6.10 Å². The van der Waals surface area contributed by atoms with Crippen molar-refractivity contribution in [2.24, 2.45) is 0 Å². The lowest BCUT2D eigenvalue weighted by Gasteiger charge is -2.28. The van der Waals surface area contributed by atoms with Gasteiger partial charge in [-0.1, -0.05) is 0 Å². The highest BCUT2D eigenvalue weighted by molar-refractivity contribution is 9.10. The first-order valence-corrected chi connectivity index (χ1v) is 6.83.